The van der Waals surface area contributed by atoms with Gasteiger partial charge in [-0.3, -0.25) is 0 Å². The highest BCUT2D eigenvalue weighted by molar-refractivity contribution is 6.62. The molecule has 1 aliphatic heterocycles. The van der Waals surface area contributed by atoms with Gasteiger partial charge in [-0.05, 0) is 38.0 Å². The summed E-state index contributed by atoms with van der Waals surface area (Å²) in [6.07, 6.45) is -1.29. The van der Waals surface area contributed by atoms with Gasteiger partial charge >= 0.3 is 13.2 Å². The van der Waals surface area contributed by atoms with Crippen molar-refractivity contribution >= 4 is 18.7 Å². The Morgan fingerprint density at radius 2 is 1.96 bits per heavy atom. The van der Waals surface area contributed by atoms with Crippen molar-refractivity contribution in [1.29, 1.82) is 0 Å². The summed E-state index contributed by atoms with van der Waals surface area (Å²) in [4.78, 5) is 11.8. The summed E-state index contributed by atoms with van der Waals surface area (Å²) in [6.45, 7) is 5.51. The predicted octanol–water partition coefficient (Wildman–Crippen LogP) is 2.69. The van der Waals surface area contributed by atoms with Gasteiger partial charge in [0.05, 0.1) is 6.10 Å². The van der Waals surface area contributed by atoms with E-state index in [9.17, 15) is 14.2 Å². The molecule has 2 aromatic carbocycles. The number of amides is 1. The first-order valence-electron chi connectivity index (χ1n) is 9.04. The maximum Gasteiger partial charge on any atom is 0.495 e. The highest BCUT2D eigenvalue weighted by Gasteiger charge is 2.39. The Labute approximate surface area is 163 Å². The van der Waals surface area contributed by atoms with Crippen LogP contribution in [-0.2, 0) is 16.0 Å². The van der Waals surface area contributed by atoms with E-state index in [1.807, 2.05) is 30.3 Å². The molecule has 6 nitrogen and oxygen atoms in total. The van der Waals surface area contributed by atoms with Crippen molar-refractivity contribution in [2.75, 3.05) is 6.54 Å². The molecule has 1 aliphatic rings. The first kappa shape index (κ1) is 20.2. The van der Waals surface area contributed by atoms with Crippen LogP contribution in [0.3, 0.4) is 0 Å². The second-order valence-electron chi connectivity index (χ2n) is 7.51. The molecule has 1 unspecified atom stereocenters. The minimum atomic E-state index is -1.43. The number of benzene rings is 2. The molecule has 3 rings (SSSR count). The maximum atomic E-state index is 14.8. The Morgan fingerprint density at radius 1 is 1.25 bits per heavy atom. The van der Waals surface area contributed by atoms with Gasteiger partial charge in [0.2, 0.25) is 0 Å². The van der Waals surface area contributed by atoms with Gasteiger partial charge in [-0.25, -0.2) is 9.18 Å². The molecule has 0 saturated heterocycles. The molecule has 0 saturated carbocycles. The van der Waals surface area contributed by atoms with Crippen LogP contribution in [-0.4, -0.2) is 30.4 Å². The van der Waals surface area contributed by atoms with Gasteiger partial charge in [-0.15, -0.1) is 0 Å². The van der Waals surface area contributed by atoms with Crippen LogP contribution in [0, 0.1) is 5.82 Å². The van der Waals surface area contributed by atoms with Gasteiger partial charge in [0.25, 0.3) is 0 Å². The number of hydrogen-bond donors (Lipinski definition) is 2. The fourth-order valence-corrected chi connectivity index (χ4v) is 2.91. The zero-order chi connectivity index (χ0) is 20.3. The van der Waals surface area contributed by atoms with Crippen LogP contribution in [0.5, 0.6) is 5.75 Å². The summed E-state index contributed by atoms with van der Waals surface area (Å²) in [5, 5.41) is 12.7. The maximum absolute atomic E-state index is 14.8. The van der Waals surface area contributed by atoms with Crippen LogP contribution < -0.4 is 15.5 Å². The number of nitrogens with one attached hydrogen (secondary N) is 1. The Bertz CT molecular complexity index is 840. The average Bonchev–Trinajstić information content (AvgIpc) is 2.95. The fourth-order valence-electron chi connectivity index (χ4n) is 2.91. The van der Waals surface area contributed by atoms with Crippen LogP contribution in [0.15, 0.2) is 42.5 Å². The van der Waals surface area contributed by atoms with E-state index in [2.05, 4.69) is 5.32 Å². The SMILES string of the molecule is CC(C)(C)OC(=O)NCC1OB(O)c2c1ccc(OCc1ccccc1)c2F. The molecule has 0 spiro atoms. The molecule has 28 heavy (non-hydrogen) atoms. The van der Waals surface area contributed by atoms with Crippen molar-refractivity contribution in [2.45, 2.75) is 39.1 Å². The Morgan fingerprint density at radius 3 is 2.64 bits per heavy atom. The molecular weight excluding hydrogens is 364 g/mol. The molecule has 2 N–H and O–H groups in total. The topological polar surface area (TPSA) is 77.0 Å². The minimum absolute atomic E-state index is 0.0292. The van der Waals surface area contributed by atoms with E-state index in [1.54, 1.807) is 26.8 Å². The third-order valence-electron chi connectivity index (χ3n) is 4.13. The molecule has 1 heterocycles. The molecule has 1 atom stereocenters. The van der Waals surface area contributed by atoms with Crippen molar-refractivity contribution in [3.63, 3.8) is 0 Å². The third-order valence-corrected chi connectivity index (χ3v) is 4.13. The van der Waals surface area contributed by atoms with Crippen LogP contribution in [0.4, 0.5) is 9.18 Å². The van der Waals surface area contributed by atoms with Gasteiger partial charge in [0.15, 0.2) is 11.6 Å². The number of carbonyl (C=O) groups excluding carboxylic acids is 1. The lowest BCUT2D eigenvalue weighted by Crippen LogP contribution is -2.35. The summed E-state index contributed by atoms with van der Waals surface area (Å²) in [6, 6.07) is 12.5. The lowest BCUT2D eigenvalue weighted by atomic mass is 9.78. The summed E-state index contributed by atoms with van der Waals surface area (Å²) in [5.74, 6) is -0.633. The summed E-state index contributed by atoms with van der Waals surface area (Å²) < 4.78 is 31.0. The van der Waals surface area contributed by atoms with Crippen LogP contribution in [0.1, 0.15) is 38.0 Å². The normalized spacial score (nSPS) is 15.9. The average molecular weight is 387 g/mol. The minimum Gasteiger partial charge on any atom is -0.486 e. The number of fused-ring (bicyclic) bond motifs is 1. The van der Waals surface area contributed by atoms with Crippen LogP contribution in [0.25, 0.3) is 0 Å². The largest absolute Gasteiger partial charge is 0.495 e. The van der Waals surface area contributed by atoms with E-state index in [0.717, 1.165) is 5.56 Å². The Balaban J connectivity index is 1.68. The highest BCUT2D eigenvalue weighted by Crippen LogP contribution is 2.28. The first-order valence-corrected chi connectivity index (χ1v) is 9.04. The van der Waals surface area contributed by atoms with E-state index in [-0.39, 0.29) is 24.4 Å². The number of halogens is 1. The van der Waals surface area contributed by atoms with E-state index in [4.69, 9.17) is 14.1 Å². The molecular formula is C20H23BFNO5. The predicted molar refractivity (Wildman–Crippen MR) is 103 cm³/mol. The molecule has 0 aliphatic carbocycles. The summed E-state index contributed by atoms with van der Waals surface area (Å²) in [5.41, 5.74) is 0.767. The first-order chi connectivity index (χ1) is 13.2. The van der Waals surface area contributed by atoms with Crippen LogP contribution >= 0.6 is 0 Å². The van der Waals surface area contributed by atoms with Gasteiger partial charge in [-0.1, -0.05) is 36.4 Å². The van der Waals surface area contributed by atoms with Crippen molar-refractivity contribution in [1.82, 2.24) is 5.32 Å². The number of carbonyl (C=O) groups is 1. The van der Waals surface area contributed by atoms with E-state index >= 15 is 0 Å². The molecule has 0 fully saturated rings. The standard InChI is InChI=1S/C20H23BFNO5/c1-20(2,3)27-19(24)23-11-16-14-9-10-15(18(22)17(14)21(25)28-16)26-12-13-7-5-4-6-8-13/h4-10,16,25H,11-12H2,1-3H3,(H,23,24). The quantitative estimate of drug-likeness (QED) is 0.772. The molecule has 2 aromatic rings. The number of ether oxygens (including phenoxy) is 2. The lowest BCUT2D eigenvalue weighted by Gasteiger charge is -2.21. The van der Waals surface area contributed by atoms with Gasteiger partial charge in [0.1, 0.15) is 12.2 Å². The van der Waals surface area contributed by atoms with Crippen molar-refractivity contribution < 1.29 is 28.3 Å². The smallest absolute Gasteiger partial charge is 0.486 e. The lowest BCUT2D eigenvalue weighted by molar-refractivity contribution is 0.0498. The Hall–Kier alpha value is -2.58. The van der Waals surface area contributed by atoms with E-state index in [1.165, 1.54) is 6.07 Å². The molecule has 0 bridgehead atoms. The van der Waals surface area contributed by atoms with Crippen molar-refractivity contribution in [2.24, 2.45) is 0 Å². The van der Waals surface area contributed by atoms with Crippen molar-refractivity contribution in [3.05, 3.63) is 59.4 Å². The summed E-state index contributed by atoms with van der Waals surface area (Å²) >= 11 is 0. The second-order valence-corrected chi connectivity index (χ2v) is 7.51. The third kappa shape index (κ3) is 4.82. The number of alkyl carbamates (subject to hydrolysis) is 1. The molecule has 148 valence electrons. The molecule has 0 aromatic heterocycles. The van der Waals surface area contributed by atoms with Crippen LogP contribution in [0.2, 0.25) is 0 Å². The second kappa shape index (κ2) is 8.20. The van der Waals surface area contributed by atoms with E-state index in [0.29, 0.717) is 5.56 Å². The molecule has 0 radical (unpaired) electrons. The Kier molecular flexibility index (Phi) is 5.91. The zero-order valence-corrected chi connectivity index (χ0v) is 16.1. The van der Waals surface area contributed by atoms with Gasteiger partial charge in [0, 0.05) is 12.0 Å². The monoisotopic (exact) mass is 387 g/mol. The zero-order valence-electron chi connectivity index (χ0n) is 16.1. The molecule has 8 heteroatoms. The van der Waals surface area contributed by atoms with Crippen molar-refractivity contribution in [3.8, 4) is 5.75 Å². The van der Waals surface area contributed by atoms with Gasteiger partial charge < -0.3 is 24.5 Å². The fraction of sp³-hybridized carbons (Fsp3) is 0.350. The van der Waals surface area contributed by atoms with Gasteiger partial charge in [-0.2, -0.15) is 0 Å². The highest BCUT2D eigenvalue weighted by atomic mass is 19.1. The number of hydrogen-bond acceptors (Lipinski definition) is 5. The van der Waals surface area contributed by atoms with E-state index < -0.39 is 30.7 Å². The number of rotatable bonds is 5. The molecule has 1 amide bonds. The summed E-state index contributed by atoms with van der Waals surface area (Å²) in [7, 11) is -1.43.